The lowest BCUT2D eigenvalue weighted by molar-refractivity contribution is -0.143. The number of carboxylic acid groups (broad SMARTS) is 1. The van der Waals surface area contributed by atoms with Crippen molar-refractivity contribution in [2.45, 2.75) is 31.7 Å². The number of nitrogens with zero attached hydrogens (tertiary/aromatic N) is 3. The Morgan fingerprint density at radius 3 is 2.20 bits per heavy atom. The number of likely N-dealkylation sites (tertiary alicyclic amines) is 1. The molecule has 1 aliphatic carbocycles. The first-order chi connectivity index (χ1) is 9.65. The monoisotopic (exact) mass is 281 g/mol. The fourth-order valence-electron chi connectivity index (χ4n) is 3.27. The van der Waals surface area contributed by atoms with Gasteiger partial charge in [-0.25, -0.2) is 4.79 Å². The summed E-state index contributed by atoms with van der Waals surface area (Å²) < 4.78 is 0. The molecule has 1 saturated carbocycles. The van der Waals surface area contributed by atoms with E-state index >= 15 is 0 Å². The molecule has 0 aromatic carbocycles. The van der Waals surface area contributed by atoms with E-state index in [9.17, 15) is 9.59 Å². The quantitative estimate of drug-likeness (QED) is 0.808. The lowest BCUT2D eigenvalue weighted by Crippen LogP contribution is -2.55. The van der Waals surface area contributed by atoms with Gasteiger partial charge in [-0.15, -0.1) is 0 Å². The number of carboxylic acids is 1. The van der Waals surface area contributed by atoms with Crippen LogP contribution in [0.25, 0.3) is 0 Å². The van der Waals surface area contributed by atoms with Gasteiger partial charge >= 0.3 is 12.0 Å². The lowest BCUT2D eigenvalue weighted by Gasteiger charge is -2.39. The van der Waals surface area contributed by atoms with Crippen molar-refractivity contribution in [1.29, 1.82) is 0 Å². The van der Waals surface area contributed by atoms with Gasteiger partial charge in [-0.1, -0.05) is 0 Å². The molecule has 1 N–H and O–H groups in total. The third kappa shape index (κ3) is 2.90. The maximum atomic E-state index is 12.5. The predicted molar refractivity (Wildman–Crippen MR) is 73.5 cm³/mol. The van der Waals surface area contributed by atoms with Gasteiger partial charge in [-0.2, -0.15) is 0 Å². The smallest absolute Gasteiger partial charge is 0.320 e. The molecule has 3 rings (SSSR count). The molecule has 0 aromatic rings. The summed E-state index contributed by atoms with van der Waals surface area (Å²) in [6, 6.07) is 0.796. The van der Waals surface area contributed by atoms with Crippen LogP contribution in [0.4, 0.5) is 4.79 Å². The van der Waals surface area contributed by atoms with Crippen molar-refractivity contribution in [2.24, 2.45) is 5.92 Å². The second kappa shape index (κ2) is 5.60. The van der Waals surface area contributed by atoms with Crippen LogP contribution in [-0.2, 0) is 4.79 Å². The highest BCUT2D eigenvalue weighted by Crippen LogP contribution is 2.27. The van der Waals surface area contributed by atoms with Crippen molar-refractivity contribution < 1.29 is 14.7 Å². The average Bonchev–Trinajstić information content (AvgIpc) is 3.31. The number of carbonyl (C=O) groups is 2. The van der Waals surface area contributed by atoms with Crippen LogP contribution in [0.5, 0.6) is 0 Å². The van der Waals surface area contributed by atoms with Gasteiger partial charge in [-0.05, 0) is 25.7 Å². The van der Waals surface area contributed by atoms with Crippen molar-refractivity contribution in [3.05, 3.63) is 0 Å². The topological polar surface area (TPSA) is 64.1 Å². The Balaban J connectivity index is 1.52. The molecule has 0 unspecified atom stereocenters. The van der Waals surface area contributed by atoms with Crippen LogP contribution in [0.15, 0.2) is 0 Å². The van der Waals surface area contributed by atoms with Gasteiger partial charge < -0.3 is 14.9 Å². The van der Waals surface area contributed by atoms with Crippen LogP contribution in [-0.4, -0.2) is 77.1 Å². The standard InChI is InChI=1S/C14H23N3O3/c18-13(19)11-2-1-5-17(10-11)14(20)16-8-6-15(7-9-16)12-3-4-12/h11-12H,1-10H2,(H,18,19)/t11-/m1/s1. The number of rotatable bonds is 2. The number of piperidine rings is 1. The summed E-state index contributed by atoms with van der Waals surface area (Å²) in [7, 11) is 0. The molecule has 112 valence electrons. The first kappa shape index (κ1) is 13.7. The normalized spacial score (nSPS) is 28.5. The highest BCUT2D eigenvalue weighted by atomic mass is 16.4. The predicted octanol–water partition coefficient (Wildman–Crippen LogP) is 0.683. The lowest BCUT2D eigenvalue weighted by atomic mass is 9.98. The molecule has 6 heteroatoms. The number of hydrogen-bond acceptors (Lipinski definition) is 3. The highest BCUT2D eigenvalue weighted by molar-refractivity contribution is 5.76. The zero-order chi connectivity index (χ0) is 14.1. The van der Waals surface area contributed by atoms with Gasteiger partial charge in [0.05, 0.1) is 5.92 Å². The zero-order valence-corrected chi connectivity index (χ0v) is 11.8. The van der Waals surface area contributed by atoms with E-state index in [0.29, 0.717) is 19.5 Å². The van der Waals surface area contributed by atoms with Crippen LogP contribution < -0.4 is 0 Å². The molecule has 2 amide bonds. The van der Waals surface area contributed by atoms with E-state index in [2.05, 4.69) is 4.90 Å². The van der Waals surface area contributed by atoms with E-state index in [-0.39, 0.29) is 11.9 Å². The summed E-state index contributed by atoms with van der Waals surface area (Å²) in [6.07, 6.45) is 4.10. The number of carbonyl (C=O) groups excluding carboxylic acids is 1. The second-order valence-electron chi connectivity index (χ2n) is 6.16. The van der Waals surface area contributed by atoms with Crippen LogP contribution in [0, 0.1) is 5.92 Å². The van der Waals surface area contributed by atoms with E-state index in [1.807, 2.05) is 4.90 Å². The summed E-state index contributed by atoms with van der Waals surface area (Å²) in [4.78, 5) is 29.6. The van der Waals surface area contributed by atoms with Gasteiger partial charge in [0.25, 0.3) is 0 Å². The number of piperazine rings is 1. The largest absolute Gasteiger partial charge is 0.481 e. The Bertz CT molecular complexity index is 389. The molecule has 3 fully saturated rings. The van der Waals surface area contributed by atoms with E-state index in [0.717, 1.165) is 38.6 Å². The molecule has 6 nitrogen and oxygen atoms in total. The van der Waals surface area contributed by atoms with Crippen molar-refractivity contribution in [3.8, 4) is 0 Å². The van der Waals surface area contributed by atoms with E-state index in [4.69, 9.17) is 5.11 Å². The Morgan fingerprint density at radius 2 is 1.60 bits per heavy atom. The molecule has 2 saturated heterocycles. The molecule has 0 aromatic heterocycles. The van der Waals surface area contributed by atoms with E-state index in [1.54, 1.807) is 4.90 Å². The minimum absolute atomic E-state index is 0.0337. The Hall–Kier alpha value is -1.30. The molecule has 0 bridgehead atoms. The van der Waals surface area contributed by atoms with Crippen LogP contribution in [0.2, 0.25) is 0 Å². The maximum Gasteiger partial charge on any atom is 0.320 e. The van der Waals surface area contributed by atoms with Gasteiger partial charge in [-0.3, -0.25) is 9.69 Å². The zero-order valence-electron chi connectivity index (χ0n) is 11.8. The Labute approximate surface area is 119 Å². The molecule has 1 atom stereocenters. The molecule has 2 heterocycles. The number of hydrogen-bond donors (Lipinski definition) is 1. The second-order valence-corrected chi connectivity index (χ2v) is 6.16. The number of aliphatic carboxylic acids is 1. The summed E-state index contributed by atoms with van der Waals surface area (Å²) in [5.41, 5.74) is 0. The summed E-state index contributed by atoms with van der Waals surface area (Å²) in [5.74, 6) is -1.17. The fraction of sp³-hybridized carbons (Fsp3) is 0.857. The van der Waals surface area contributed by atoms with Crippen LogP contribution in [0.1, 0.15) is 25.7 Å². The minimum atomic E-state index is -0.777. The highest BCUT2D eigenvalue weighted by Gasteiger charge is 2.35. The first-order valence-corrected chi connectivity index (χ1v) is 7.66. The molecular weight excluding hydrogens is 258 g/mol. The number of urea groups is 1. The number of amides is 2. The van der Waals surface area contributed by atoms with E-state index < -0.39 is 5.97 Å². The molecule has 20 heavy (non-hydrogen) atoms. The van der Waals surface area contributed by atoms with Gasteiger partial charge in [0.2, 0.25) is 0 Å². The maximum absolute atomic E-state index is 12.5. The van der Waals surface area contributed by atoms with Crippen molar-refractivity contribution in [2.75, 3.05) is 39.3 Å². The van der Waals surface area contributed by atoms with Crippen LogP contribution >= 0.6 is 0 Å². The third-order valence-corrected chi connectivity index (χ3v) is 4.69. The Kier molecular flexibility index (Phi) is 3.83. The molecule has 2 aliphatic heterocycles. The van der Waals surface area contributed by atoms with Gasteiger partial charge in [0.1, 0.15) is 0 Å². The summed E-state index contributed by atoms with van der Waals surface area (Å²) >= 11 is 0. The van der Waals surface area contributed by atoms with Crippen molar-refractivity contribution in [3.63, 3.8) is 0 Å². The summed E-state index contributed by atoms with van der Waals surface area (Å²) in [5, 5.41) is 9.09. The molecule has 0 radical (unpaired) electrons. The molecule has 3 aliphatic rings. The van der Waals surface area contributed by atoms with Gasteiger partial charge in [0.15, 0.2) is 0 Å². The fourth-order valence-corrected chi connectivity index (χ4v) is 3.27. The SMILES string of the molecule is O=C(O)[C@@H]1CCCN(C(=O)N2CCN(C3CC3)CC2)C1. The van der Waals surface area contributed by atoms with Crippen molar-refractivity contribution in [1.82, 2.24) is 14.7 Å². The van der Waals surface area contributed by atoms with Crippen molar-refractivity contribution >= 4 is 12.0 Å². The van der Waals surface area contributed by atoms with Crippen LogP contribution in [0.3, 0.4) is 0 Å². The average molecular weight is 281 g/mol. The first-order valence-electron chi connectivity index (χ1n) is 7.66. The molecular formula is C14H23N3O3. The minimum Gasteiger partial charge on any atom is -0.481 e. The molecule has 0 spiro atoms. The Morgan fingerprint density at radius 1 is 0.900 bits per heavy atom. The summed E-state index contributed by atoms with van der Waals surface area (Å²) in [6.45, 7) is 4.56. The third-order valence-electron chi connectivity index (χ3n) is 4.69. The van der Waals surface area contributed by atoms with Gasteiger partial charge in [0, 0.05) is 45.3 Å². The van der Waals surface area contributed by atoms with E-state index in [1.165, 1.54) is 12.8 Å².